The largest absolute Gasteiger partial charge is 0.493 e. The Hall–Kier alpha value is -11.5. The fourth-order valence-electron chi connectivity index (χ4n) is 20.9. The van der Waals surface area contributed by atoms with Crippen LogP contribution in [0.25, 0.3) is 100 Å². The number of hydrogen-bond acceptors (Lipinski definition) is 27. The second-order valence-electron chi connectivity index (χ2n) is 39.8. The van der Waals surface area contributed by atoms with Crippen LogP contribution in [0.2, 0.25) is 0 Å². The molecule has 0 saturated carbocycles. The number of ether oxygens (including phenoxy) is 7. The van der Waals surface area contributed by atoms with Gasteiger partial charge in [0.15, 0.2) is 46.0 Å². The molecule has 0 aliphatic carbocycles. The predicted octanol–water partition coefficient (Wildman–Crippen LogP) is 20.1. The average molecular weight is 1910 g/mol. The first-order chi connectivity index (χ1) is 68.6. The molecule has 21 rings (SSSR count). The monoisotopic (exact) mass is 1910 g/mol. The lowest BCUT2D eigenvalue weighted by Crippen LogP contribution is -2.36. The first kappa shape index (κ1) is 98.7. The molecule has 5 aromatic carbocycles. The Morgan fingerprint density at radius 1 is 0.350 bits per heavy atom. The van der Waals surface area contributed by atoms with Gasteiger partial charge in [0.05, 0.1) is 99.4 Å². The van der Waals surface area contributed by atoms with Crippen molar-refractivity contribution in [2.24, 2.45) is 7.05 Å². The molecule has 4 N–H and O–H groups in total. The summed E-state index contributed by atoms with van der Waals surface area (Å²) in [5.41, 5.74) is 14.2. The van der Waals surface area contributed by atoms with Crippen molar-refractivity contribution in [2.75, 3.05) is 228 Å². The molecule has 0 atom stereocenters. The highest BCUT2D eigenvalue weighted by molar-refractivity contribution is 5.99. The smallest absolute Gasteiger partial charge is 0.163 e. The van der Waals surface area contributed by atoms with Gasteiger partial charge in [0.1, 0.15) is 28.5 Å². The van der Waals surface area contributed by atoms with Crippen molar-refractivity contribution in [2.45, 2.75) is 160 Å². The molecule has 8 fully saturated rings. The Labute approximate surface area is 826 Å². The maximum Gasteiger partial charge on any atom is 0.163 e. The van der Waals surface area contributed by atoms with Crippen LogP contribution in [0.3, 0.4) is 0 Å². The first-order valence-corrected chi connectivity index (χ1v) is 51.9. The predicted molar refractivity (Wildman–Crippen MR) is 564 cm³/mol. The number of piperidine rings is 4. The van der Waals surface area contributed by atoms with E-state index in [4.69, 9.17) is 66.3 Å². The van der Waals surface area contributed by atoms with Gasteiger partial charge >= 0.3 is 0 Å². The van der Waals surface area contributed by atoms with E-state index in [1.54, 1.807) is 33.9 Å². The van der Waals surface area contributed by atoms with E-state index in [1.165, 1.54) is 104 Å². The first-order valence-electron chi connectivity index (χ1n) is 51.9. The summed E-state index contributed by atoms with van der Waals surface area (Å²) in [5, 5.41) is 25.0. The summed E-state index contributed by atoms with van der Waals surface area (Å²) in [7, 11) is 15.8. The van der Waals surface area contributed by atoms with Crippen LogP contribution < -0.4 is 54.4 Å². The lowest BCUT2D eigenvalue weighted by atomic mass is 10.0. The quantitative estimate of drug-likeness (QED) is 0.0270. The zero-order chi connectivity index (χ0) is 96.1. The Balaban J connectivity index is 0.000000124. The lowest BCUT2D eigenvalue weighted by Gasteiger charge is -2.30. The third kappa shape index (κ3) is 26.1. The fourth-order valence-corrected chi connectivity index (χ4v) is 20.9. The Bertz CT molecular complexity index is 6090. The number of hydrogen-bond donors (Lipinski definition) is 4. The highest BCUT2D eigenvalue weighted by atomic mass is 16.5. The number of benzene rings is 5. The minimum absolute atomic E-state index is 0.410. The number of nitrogens with zero attached hydrogens (tertiary/aromatic N) is 14. The van der Waals surface area contributed by atoms with Crippen LogP contribution in [0.1, 0.15) is 134 Å². The SMILES string of the molecule is COc1cc2c(NC3CCN(C)CC3)cc(-c3cc4ccccc4o3)nc2cc1OCCCN1CCCC1.COc1cc2c(NC3CCN(C)CC3)cc(-c3ccnn3C)nc2cc1OCCCN1CCCC1.COc1cc2c(NC3CCN(C)CC3)cc(-c3ccoc3)nc2cc1OCCCN1CCCC1.Cc1ccc(-c2cc(NC3CCN(C)CC3)c3ccc(OCCCN4CCCC4)cc3n2)o1. The number of para-hydroxylation sites is 1. The number of nitrogens with one attached hydrogen (secondary N) is 4. The van der Waals surface area contributed by atoms with Gasteiger partial charge in [-0.1, -0.05) is 18.2 Å². The van der Waals surface area contributed by atoms with E-state index >= 15 is 0 Å². The molecule has 28 heteroatoms. The van der Waals surface area contributed by atoms with Crippen LogP contribution >= 0.6 is 0 Å². The van der Waals surface area contributed by atoms with Crippen LogP contribution in [0, 0.1) is 6.92 Å². The fraction of sp³-hybridized carbons (Fsp3) is 0.509. The molecule has 8 aliphatic heterocycles. The Morgan fingerprint density at radius 2 is 0.736 bits per heavy atom. The number of fused-ring (bicyclic) bond motifs is 5. The minimum Gasteiger partial charge on any atom is -0.493 e. The van der Waals surface area contributed by atoms with Crippen molar-refractivity contribution in [3.8, 4) is 85.8 Å². The van der Waals surface area contributed by atoms with Crippen molar-refractivity contribution in [1.29, 1.82) is 0 Å². The summed E-state index contributed by atoms with van der Waals surface area (Å²) in [6.45, 7) is 27.7. The van der Waals surface area contributed by atoms with E-state index in [2.05, 4.69) is 167 Å². The zero-order valence-corrected chi connectivity index (χ0v) is 84.2. The number of pyridine rings is 4. The number of methoxy groups -OCH3 is 3. The zero-order valence-electron chi connectivity index (χ0n) is 84.2. The van der Waals surface area contributed by atoms with Gasteiger partial charge in [0.2, 0.25) is 0 Å². The summed E-state index contributed by atoms with van der Waals surface area (Å²) in [6, 6.07) is 47.0. The Morgan fingerprint density at radius 3 is 1.13 bits per heavy atom. The third-order valence-corrected chi connectivity index (χ3v) is 29.3. The van der Waals surface area contributed by atoms with E-state index in [1.807, 2.05) is 85.5 Å². The van der Waals surface area contributed by atoms with Crippen LogP contribution in [-0.2, 0) is 7.05 Å². The van der Waals surface area contributed by atoms with Gasteiger partial charge < -0.3 is 107 Å². The van der Waals surface area contributed by atoms with Gasteiger partial charge in [0.25, 0.3) is 0 Å². The van der Waals surface area contributed by atoms with Crippen molar-refractivity contribution in [3.63, 3.8) is 0 Å². The summed E-state index contributed by atoms with van der Waals surface area (Å²) < 4.78 is 61.4. The molecular formula is C112H148N18O10. The van der Waals surface area contributed by atoms with E-state index in [0.29, 0.717) is 44.0 Å². The number of furan rings is 3. The van der Waals surface area contributed by atoms with Gasteiger partial charge in [-0.3, -0.25) is 4.68 Å². The van der Waals surface area contributed by atoms with Crippen LogP contribution in [0.15, 0.2) is 165 Å². The number of likely N-dealkylation sites (tertiary alicyclic amines) is 8. The molecule has 0 bridgehead atoms. The minimum atomic E-state index is 0.410. The molecule has 8 aliphatic rings. The maximum atomic E-state index is 6.25. The molecule has 8 saturated heterocycles. The van der Waals surface area contributed by atoms with Crippen molar-refractivity contribution < 1.29 is 46.4 Å². The van der Waals surface area contributed by atoms with E-state index in [0.717, 1.165) is 331 Å². The van der Waals surface area contributed by atoms with Gasteiger partial charge in [0, 0.05) is 143 Å². The van der Waals surface area contributed by atoms with Crippen molar-refractivity contribution in [1.82, 2.24) is 68.9 Å². The molecule has 28 nitrogen and oxygen atoms in total. The average Bonchev–Trinajstić information content (AvgIpc) is 1.20. The highest BCUT2D eigenvalue weighted by Crippen LogP contribution is 2.44. The molecule has 0 radical (unpaired) electrons. The summed E-state index contributed by atoms with van der Waals surface area (Å²) in [6.07, 6.45) is 28.9. The normalized spacial score (nSPS) is 17.8. The molecular weight excluding hydrogens is 1760 g/mol. The summed E-state index contributed by atoms with van der Waals surface area (Å²) >= 11 is 0. The molecule has 0 unspecified atom stereocenters. The van der Waals surface area contributed by atoms with Crippen molar-refractivity contribution in [3.05, 3.63) is 158 Å². The lowest BCUT2D eigenvalue weighted by molar-refractivity contribution is 0.254. The third-order valence-electron chi connectivity index (χ3n) is 29.3. The molecule has 13 aromatic rings. The summed E-state index contributed by atoms with van der Waals surface area (Å²) in [5.74, 6) is 7.82. The van der Waals surface area contributed by atoms with Gasteiger partial charge in [-0.2, -0.15) is 5.10 Å². The molecule has 746 valence electrons. The number of rotatable bonds is 35. The maximum absolute atomic E-state index is 6.25. The van der Waals surface area contributed by atoms with Gasteiger partial charge in [-0.15, -0.1) is 0 Å². The highest BCUT2D eigenvalue weighted by Gasteiger charge is 2.28. The number of aryl methyl sites for hydroxylation is 2. The Kier molecular flexibility index (Phi) is 34.1. The second kappa shape index (κ2) is 48.3. The van der Waals surface area contributed by atoms with Crippen molar-refractivity contribution >= 4 is 77.3 Å². The van der Waals surface area contributed by atoms with Gasteiger partial charge in [-0.05, 0) is 359 Å². The van der Waals surface area contributed by atoms with Crippen LogP contribution in [0.5, 0.6) is 40.2 Å². The number of anilines is 4. The molecule has 8 aromatic heterocycles. The van der Waals surface area contributed by atoms with E-state index < -0.39 is 0 Å². The van der Waals surface area contributed by atoms with Crippen LogP contribution in [0.4, 0.5) is 22.7 Å². The van der Waals surface area contributed by atoms with E-state index in [-0.39, 0.29) is 0 Å². The molecule has 0 spiro atoms. The topological polar surface area (TPSA) is 247 Å². The molecule has 140 heavy (non-hydrogen) atoms. The molecule has 0 amide bonds. The summed E-state index contributed by atoms with van der Waals surface area (Å²) in [4.78, 5) is 39.6. The molecule has 16 heterocycles. The number of aromatic nitrogens is 6. The second-order valence-corrected chi connectivity index (χ2v) is 39.8. The van der Waals surface area contributed by atoms with Crippen LogP contribution in [-0.4, -0.2) is 300 Å². The van der Waals surface area contributed by atoms with Gasteiger partial charge in [-0.25, -0.2) is 19.9 Å². The standard InChI is InChI=1S/C31H38N4O3.C27H38N6O2.C27H36N4O3.C27H36N4O2/c1-34-15-10-23(11-16-34)32-25-20-27(29-18-22-8-3-4-9-28(22)38-29)33-26-21-31(30(36-2)19-24(25)26)37-17-7-14-35-12-5-6-13-35;1-31-14-8-20(9-15-31)29-22-18-24(25-7-10-28-32(25)2)30-23-19-27(26(34-3)17-21(22)23)35-16-6-13-33-11-4-5-12-33;1-30-12-6-21(7-13-30)28-24-17-23(20-8-15-33-19-20)29-25-18-27(26(32-2)16-22(24)25)34-14-5-11-31-9-3-4-10-31;1-20-6-9-27(33-20)26-19-25(28-21-10-15-30(2)16-11-21)23-8-7-22(18-24(23)29-26)32-17-5-14-31-12-3-4-13-31/h3-4,8-9,18-21,23H,5-7,10-17H2,1-2H3,(H,32,33);7,10,17-20H,4-6,8-9,11-16H2,1-3H3,(H,29,30);8,15-19,21H,3-7,9-14H2,1-2H3,(H,28,29);6-9,18-19,21H,3-5,10-17H2,1-2H3,(H,28,29). The van der Waals surface area contributed by atoms with E-state index in [9.17, 15) is 0 Å².